The lowest BCUT2D eigenvalue weighted by molar-refractivity contribution is -0.765. The van der Waals surface area contributed by atoms with Crippen molar-refractivity contribution in [3.05, 3.63) is 16.1 Å². The number of H-pyrrole nitrogens is 1. The summed E-state index contributed by atoms with van der Waals surface area (Å²) < 4.78 is 5.46. The van der Waals surface area contributed by atoms with E-state index in [2.05, 4.69) is 9.79 Å². The Hall–Kier alpha value is -1.59. The number of carbonyl (C=O) groups excluding carboxylic acids is 1. The Morgan fingerprint density at radius 3 is 2.92 bits per heavy atom. The number of carbonyl (C=O) groups is 1. The normalized spacial score (nSPS) is 10.2. The number of aromatic amines is 1. The lowest BCUT2D eigenvalue weighted by atomic mass is 10.3. The van der Waals surface area contributed by atoms with Gasteiger partial charge in [-0.3, -0.25) is 4.52 Å². The van der Waals surface area contributed by atoms with Gasteiger partial charge in [0.05, 0.1) is 0 Å². The Morgan fingerprint density at radius 2 is 2.38 bits per heavy atom. The van der Waals surface area contributed by atoms with Gasteiger partial charge in [0.25, 0.3) is 0 Å². The van der Waals surface area contributed by atoms with Gasteiger partial charge in [-0.2, -0.15) is 0 Å². The van der Waals surface area contributed by atoms with E-state index in [0.717, 1.165) is 17.5 Å². The van der Waals surface area contributed by atoms with Gasteiger partial charge in [-0.05, 0) is 5.27 Å². The second-order valence-corrected chi connectivity index (χ2v) is 2.62. The SMILES string of the molecule is CCCC[n+]1[nH]oc(=O)c1C(=O)[O-]. The summed E-state index contributed by atoms with van der Waals surface area (Å²) in [5.41, 5.74) is -1.37. The van der Waals surface area contributed by atoms with Crippen LogP contribution in [0.2, 0.25) is 0 Å². The van der Waals surface area contributed by atoms with E-state index in [1.165, 1.54) is 0 Å². The van der Waals surface area contributed by atoms with E-state index >= 15 is 0 Å². The van der Waals surface area contributed by atoms with E-state index in [1.807, 2.05) is 6.92 Å². The molecule has 0 aliphatic carbocycles. The molecule has 0 radical (unpaired) electrons. The van der Waals surface area contributed by atoms with E-state index in [1.54, 1.807) is 0 Å². The first-order valence-corrected chi connectivity index (χ1v) is 3.99. The predicted octanol–water partition coefficient (Wildman–Crippen LogP) is -1.58. The van der Waals surface area contributed by atoms with Crippen LogP contribution in [0.4, 0.5) is 0 Å². The molecule has 0 unspecified atom stereocenters. The molecular weight excluding hydrogens is 176 g/mol. The van der Waals surface area contributed by atoms with Crippen molar-refractivity contribution in [2.45, 2.75) is 26.3 Å². The number of carboxylic acid groups (broad SMARTS) is 1. The number of nitrogens with one attached hydrogen (secondary N) is 1. The molecule has 1 rings (SSSR count). The first-order chi connectivity index (χ1) is 6.16. The Morgan fingerprint density at radius 1 is 1.69 bits per heavy atom. The van der Waals surface area contributed by atoms with Gasteiger partial charge in [0, 0.05) is 6.42 Å². The van der Waals surface area contributed by atoms with E-state index in [-0.39, 0.29) is 0 Å². The van der Waals surface area contributed by atoms with Crippen LogP contribution in [0, 0.1) is 0 Å². The van der Waals surface area contributed by atoms with Crippen LogP contribution in [0.1, 0.15) is 30.3 Å². The molecule has 0 saturated carbocycles. The Bertz CT molecular complexity index is 352. The fourth-order valence-corrected chi connectivity index (χ4v) is 0.968. The summed E-state index contributed by atoms with van der Waals surface area (Å²) in [7, 11) is 0. The molecule has 0 fully saturated rings. The van der Waals surface area contributed by atoms with Gasteiger partial charge >= 0.3 is 11.3 Å². The fourth-order valence-electron chi connectivity index (χ4n) is 0.968. The predicted molar refractivity (Wildman–Crippen MR) is 38.8 cm³/mol. The molecule has 72 valence electrons. The molecule has 0 aromatic carbocycles. The molecular formula is C7H10N2O4. The Balaban J connectivity index is 2.94. The highest BCUT2D eigenvalue weighted by atomic mass is 16.5. The number of aromatic nitrogens is 2. The van der Waals surface area contributed by atoms with Gasteiger partial charge in [-0.25, -0.2) is 4.79 Å². The number of hydrogen-bond donors (Lipinski definition) is 1. The first kappa shape index (κ1) is 9.50. The maximum Gasteiger partial charge on any atom is 0.436 e. The maximum absolute atomic E-state index is 10.8. The smallest absolute Gasteiger partial charge is 0.436 e. The Kier molecular flexibility index (Phi) is 2.84. The van der Waals surface area contributed by atoms with E-state index < -0.39 is 17.3 Å². The molecule has 1 aromatic rings. The van der Waals surface area contributed by atoms with Gasteiger partial charge in [0.1, 0.15) is 5.97 Å². The summed E-state index contributed by atoms with van der Waals surface area (Å²) in [4.78, 5) is 21.3. The van der Waals surface area contributed by atoms with Crippen molar-refractivity contribution in [2.75, 3.05) is 0 Å². The number of aryl methyl sites for hydroxylation is 1. The van der Waals surface area contributed by atoms with Gasteiger partial charge in [-0.1, -0.05) is 18.0 Å². The van der Waals surface area contributed by atoms with E-state index in [0.29, 0.717) is 6.54 Å². The summed E-state index contributed by atoms with van der Waals surface area (Å²) >= 11 is 0. The molecule has 0 atom stereocenters. The first-order valence-electron chi connectivity index (χ1n) is 3.99. The number of rotatable bonds is 4. The van der Waals surface area contributed by atoms with Crippen molar-refractivity contribution in [3.63, 3.8) is 0 Å². The molecule has 0 bridgehead atoms. The van der Waals surface area contributed by atoms with Crippen molar-refractivity contribution in [1.29, 1.82) is 0 Å². The summed E-state index contributed by atoms with van der Waals surface area (Å²) in [5, 5.41) is 12.7. The monoisotopic (exact) mass is 186 g/mol. The number of hydrogen-bond acceptors (Lipinski definition) is 4. The molecule has 1 heterocycles. The molecule has 0 spiro atoms. The quantitative estimate of drug-likeness (QED) is 0.574. The van der Waals surface area contributed by atoms with Crippen molar-refractivity contribution in [2.24, 2.45) is 0 Å². The number of unbranched alkanes of at least 4 members (excludes halogenated alkanes) is 1. The topological polar surface area (TPSA) is 90.0 Å². The molecule has 1 N–H and O–H groups in total. The average Bonchev–Trinajstić information content (AvgIpc) is 2.43. The van der Waals surface area contributed by atoms with Crippen LogP contribution in [0.15, 0.2) is 9.32 Å². The Labute approximate surface area is 73.7 Å². The van der Waals surface area contributed by atoms with Crippen LogP contribution in [0.25, 0.3) is 0 Å². The fraction of sp³-hybridized carbons (Fsp3) is 0.571. The lowest BCUT2D eigenvalue weighted by Crippen LogP contribution is -2.47. The van der Waals surface area contributed by atoms with Crippen LogP contribution >= 0.6 is 0 Å². The molecule has 0 aliphatic heterocycles. The minimum absolute atomic E-state index is 0.408. The largest absolute Gasteiger partial charge is 0.539 e. The maximum atomic E-state index is 10.8. The highest BCUT2D eigenvalue weighted by Crippen LogP contribution is 1.86. The lowest BCUT2D eigenvalue weighted by Gasteiger charge is -1.93. The minimum atomic E-state index is -1.52. The van der Waals surface area contributed by atoms with Crippen molar-refractivity contribution in [3.8, 4) is 0 Å². The minimum Gasteiger partial charge on any atom is -0.539 e. The van der Waals surface area contributed by atoms with E-state index in [9.17, 15) is 14.7 Å². The second-order valence-electron chi connectivity index (χ2n) is 2.62. The average molecular weight is 186 g/mol. The molecule has 0 aliphatic rings. The van der Waals surface area contributed by atoms with Gasteiger partial charge in [0.15, 0.2) is 6.54 Å². The number of aromatic carboxylic acids is 1. The molecule has 13 heavy (non-hydrogen) atoms. The van der Waals surface area contributed by atoms with Crippen molar-refractivity contribution >= 4 is 5.97 Å². The third-order valence-corrected chi connectivity index (χ3v) is 1.64. The zero-order valence-corrected chi connectivity index (χ0v) is 7.20. The van der Waals surface area contributed by atoms with Crippen LogP contribution in [0.3, 0.4) is 0 Å². The second kappa shape index (κ2) is 3.88. The van der Waals surface area contributed by atoms with Crippen LogP contribution in [0.5, 0.6) is 0 Å². The zero-order chi connectivity index (χ0) is 9.84. The standard InChI is InChI=1S/C7H10N2O4/c1-2-3-4-9-5(6(10)11)7(12)13-8-9/h2-4H2,1H3,(H-,8,10,11,12). The summed E-state index contributed by atoms with van der Waals surface area (Å²) in [6.45, 7) is 2.36. The van der Waals surface area contributed by atoms with Crippen molar-refractivity contribution < 1.29 is 19.1 Å². The van der Waals surface area contributed by atoms with Gasteiger partial charge in [-0.15, -0.1) is 0 Å². The van der Waals surface area contributed by atoms with Gasteiger partial charge in [0.2, 0.25) is 0 Å². The highest BCUT2D eigenvalue weighted by Gasteiger charge is 2.20. The van der Waals surface area contributed by atoms with E-state index in [4.69, 9.17) is 0 Å². The summed E-state index contributed by atoms with van der Waals surface area (Å²) in [5.74, 6) is -1.52. The number of nitrogens with zero attached hydrogens (tertiary/aromatic N) is 1. The summed E-state index contributed by atoms with van der Waals surface area (Å²) in [6, 6.07) is 0. The molecule has 1 aromatic heterocycles. The molecule has 6 nitrogen and oxygen atoms in total. The highest BCUT2D eigenvalue weighted by molar-refractivity contribution is 5.80. The summed E-state index contributed by atoms with van der Waals surface area (Å²) in [6.07, 6.45) is 1.66. The van der Waals surface area contributed by atoms with Crippen LogP contribution in [-0.4, -0.2) is 11.2 Å². The zero-order valence-electron chi connectivity index (χ0n) is 7.20. The molecule has 6 heteroatoms. The third kappa shape index (κ3) is 1.95. The van der Waals surface area contributed by atoms with Crippen LogP contribution < -0.4 is 15.4 Å². The number of carboxylic acids is 1. The molecule has 0 saturated heterocycles. The van der Waals surface area contributed by atoms with Crippen molar-refractivity contribution in [1.82, 2.24) is 5.27 Å². The van der Waals surface area contributed by atoms with Gasteiger partial charge < -0.3 is 9.90 Å². The molecule has 0 amide bonds. The van der Waals surface area contributed by atoms with Crippen LogP contribution in [-0.2, 0) is 6.54 Å². The third-order valence-electron chi connectivity index (χ3n) is 1.64.